The quantitative estimate of drug-likeness (QED) is 0.742. The predicted octanol–water partition coefficient (Wildman–Crippen LogP) is 3.87. The number of nitrogens with one attached hydrogen (secondary N) is 2. The number of nitrogens with zero attached hydrogens (tertiary/aromatic N) is 2. The molecule has 0 radical (unpaired) electrons. The number of imidazole rings is 1. The number of halogens is 1. The Morgan fingerprint density at radius 3 is 3.04 bits per heavy atom. The molecule has 0 saturated carbocycles. The average molecular weight is 343 g/mol. The van der Waals surface area contributed by atoms with E-state index < -0.39 is 0 Å². The first-order chi connectivity index (χ1) is 11.6. The minimum absolute atomic E-state index is 0.00134. The highest BCUT2D eigenvalue weighted by Gasteiger charge is 2.28. The van der Waals surface area contributed by atoms with E-state index in [2.05, 4.69) is 29.0 Å². The molecule has 6 heteroatoms. The Kier molecular flexibility index (Phi) is 3.81. The van der Waals surface area contributed by atoms with Gasteiger partial charge in [-0.05, 0) is 43.5 Å². The predicted molar refractivity (Wildman–Crippen MR) is 94.5 cm³/mol. The highest BCUT2D eigenvalue weighted by atomic mass is 35.5. The highest BCUT2D eigenvalue weighted by Crippen LogP contribution is 2.28. The number of rotatable bonds is 2. The fourth-order valence-electron chi connectivity index (χ4n) is 3.38. The summed E-state index contributed by atoms with van der Waals surface area (Å²) in [6, 6.07) is 7.89. The maximum Gasteiger partial charge on any atom is 0.270 e. The maximum absolute atomic E-state index is 12.6. The number of aromatic nitrogens is 3. The second kappa shape index (κ2) is 5.98. The van der Waals surface area contributed by atoms with Gasteiger partial charge < -0.3 is 14.9 Å². The Morgan fingerprint density at radius 1 is 1.38 bits per heavy atom. The van der Waals surface area contributed by atoms with E-state index in [9.17, 15) is 4.79 Å². The van der Waals surface area contributed by atoms with Gasteiger partial charge in [-0.25, -0.2) is 4.98 Å². The number of benzene rings is 1. The molecular formula is C18H19ClN4O. The minimum atomic E-state index is -0.00134. The normalized spacial score (nSPS) is 18.2. The number of carbonyl (C=O) groups excluding carboxylic acids is 1. The molecule has 124 valence electrons. The number of aromatic amines is 2. The van der Waals surface area contributed by atoms with Gasteiger partial charge in [0.05, 0.1) is 16.1 Å². The van der Waals surface area contributed by atoms with E-state index in [-0.39, 0.29) is 11.8 Å². The van der Waals surface area contributed by atoms with Gasteiger partial charge in [0.15, 0.2) is 0 Å². The molecule has 1 unspecified atom stereocenters. The van der Waals surface area contributed by atoms with Crippen LogP contribution < -0.4 is 0 Å². The molecule has 2 aromatic heterocycles. The summed E-state index contributed by atoms with van der Waals surface area (Å²) in [6.45, 7) is 3.52. The third-order valence-corrected chi connectivity index (χ3v) is 4.85. The lowest BCUT2D eigenvalue weighted by Gasteiger charge is -2.31. The van der Waals surface area contributed by atoms with Crippen molar-refractivity contribution >= 4 is 28.5 Å². The number of hydrogen-bond donors (Lipinski definition) is 2. The van der Waals surface area contributed by atoms with E-state index in [0.29, 0.717) is 17.3 Å². The molecule has 3 aromatic rings. The van der Waals surface area contributed by atoms with Crippen LogP contribution in [0.25, 0.3) is 11.0 Å². The van der Waals surface area contributed by atoms with E-state index in [1.54, 1.807) is 12.3 Å². The van der Waals surface area contributed by atoms with Crippen LogP contribution in [0.4, 0.5) is 0 Å². The number of piperidine rings is 1. The monoisotopic (exact) mass is 342 g/mol. The zero-order valence-corrected chi connectivity index (χ0v) is 14.2. The molecule has 1 aliphatic rings. The summed E-state index contributed by atoms with van der Waals surface area (Å²) >= 11 is 5.91. The van der Waals surface area contributed by atoms with Crippen molar-refractivity contribution in [1.82, 2.24) is 19.9 Å². The van der Waals surface area contributed by atoms with Gasteiger partial charge in [0.2, 0.25) is 0 Å². The molecular weight excluding hydrogens is 324 g/mol. The second-order valence-corrected chi connectivity index (χ2v) is 6.90. The highest BCUT2D eigenvalue weighted by molar-refractivity contribution is 6.30. The Hall–Kier alpha value is -2.27. The lowest BCUT2D eigenvalue weighted by Crippen LogP contribution is -2.39. The van der Waals surface area contributed by atoms with Gasteiger partial charge in [0.1, 0.15) is 11.5 Å². The largest absolute Gasteiger partial charge is 0.356 e. The molecule has 1 aliphatic heterocycles. The molecule has 1 amide bonds. The molecule has 1 fully saturated rings. The fraction of sp³-hybridized carbons (Fsp3) is 0.333. The Labute approximate surface area is 145 Å². The van der Waals surface area contributed by atoms with Gasteiger partial charge in [0, 0.05) is 25.2 Å². The molecule has 3 heterocycles. The summed E-state index contributed by atoms with van der Waals surface area (Å²) in [7, 11) is 0. The standard InChI is InChI=1S/C18H19ClN4O/c1-11-4-5-14-15(7-11)22-17(21-14)12-3-2-6-23(10-12)18(24)16-8-13(19)9-20-16/h4-5,7-9,12,20H,2-3,6,10H2,1H3,(H,21,22). The minimum Gasteiger partial charge on any atom is -0.356 e. The molecule has 1 aromatic carbocycles. The molecule has 0 spiro atoms. The van der Waals surface area contributed by atoms with Crippen LogP contribution in [-0.2, 0) is 0 Å². The van der Waals surface area contributed by atoms with E-state index in [1.165, 1.54) is 5.56 Å². The first-order valence-electron chi connectivity index (χ1n) is 8.19. The van der Waals surface area contributed by atoms with Crippen LogP contribution in [0.5, 0.6) is 0 Å². The molecule has 5 nitrogen and oxygen atoms in total. The van der Waals surface area contributed by atoms with E-state index in [0.717, 1.165) is 36.2 Å². The number of amides is 1. The third kappa shape index (κ3) is 2.80. The summed E-state index contributed by atoms with van der Waals surface area (Å²) in [5.74, 6) is 1.21. The van der Waals surface area contributed by atoms with Crippen LogP contribution in [0.3, 0.4) is 0 Å². The van der Waals surface area contributed by atoms with Crippen molar-refractivity contribution in [3.63, 3.8) is 0 Å². The van der Waals surface area contributed by atoms with E-state index in [4.69, 9.17) is 16.6 Å². The number of aryl methyl sites for hydroxylation is 1. The van der Waals surface area contributed by atoms with Crippen LogP contribution in [0.2, 0.25) is 5.02 Å². The SMILES string of the molecule is Cc1ccc2nc(C3CCCN(C(=O)c4cc(Cl)c[nH]4)C3)[nH]c2c1. The molecule has 1 atom stereocenters. The van der Waals surface area contributed by atoms with Crippen LogP contribution in [0.15, 0.2) is 30.5 Å². The number of fused-ring (bicyclic) bond motifs is 1. The zero-order chi connectivity index (χ0) is 16.7. The maximum atomic E-state index is 12.6. The van der Waals surface area contributed by atoms with E-state index in [1.807, 2.05) is 11.0 Å². The second-order valence-electron chi connectivity index (χ2n) is 6.46. The van der Waals surface area contributed by atoms with Crippen LogP contribution >= 0.6 is 11.6 Å². The van der Waals surface area contributed by atoms with E-state index >= 15 is 0 Å². The van der Waals surface area contributed by atoms with Crippen molar-refractivity contribution in [2.24, 2.45) is 0 Å². The Bertz CT molecular complexity index is 897. The third-order valence-electron chi connectivity index (χ3n) is 4.63. The molecule has 1 saturated heterocycles. The van der Waals surface area contributed by atoms with Gasteiger partial charge in [-0.3, -0.25) is 4.79 Å². The number of carbonyl (C=O) groups is 1. The fourth-order valence-corrected chi connectivity index (χ4v) is 3.55. The summed E-state index contributed by atoms with van der Waals surface area (Å²) in [4.78, 5) is 25.6. The van der Waals surface area contributed by atoms with Crippen molar-refractivity contribution in [3.05, 3.63) is 52.6 Å². The molecule has 2 N–H and O–H groups in total. The lowest BCUT2D eigenvalue weighted by molar-refractivity contribution is 0.0699. The van der Waals surface area contributed by atoms with Crippen molar-refractivity contribution in [2.45, 2.75) is 25.7 Å². The number of hydrogen-bond acceptors (Lipinski definition) is 2. The number of likely N-dealkylation sites (tertiary alicyclic amines) is 1. The summed E-state index contributed by atoms with van der Waals surface area (Å²) in [5.41, 5.74) is 3.79. The van der Waals surface area contributed by atoms with Gasteiger partial charge in [-0.15, -0.1) is 0 Å². The Morgan fingerprint density at radius 2 is 2.25 bits per heavy atom. The molecule has 0 bridgehead atoms. The molecule has 4 rings (SSSR count). The summed E-state index contributed by atoms with van der Waals surface area (Å²) < 4.78 is 0. The van der Waals surface area contributed by atoms with Gasteiger partial charge in [-0.2, -0.15) is 0 Å². The van der Waals surface area contributed by atoms with Crippen LogP contribution in [0.1, 0.15) is 40.6 Å². The van der Waals surface area contributed by atoms with Crippen molar-refractivity contribution in [2.75, 3.05) is 13.1 Å². The van der Waals surface area contributed by atoms with Crippen molar-refractivity contribution in [1.29, 1.82) is 0 Å². The molecule has 0 aliphatic carbocycles. The molecule has 24 heavy (non-hydrogen) atoms. The van der Waals surface area contributed by atoms with Gasteiger partial charge in [-0.1, -0.05) is 17.7 Å². The summed E-state index contributed by atoms with van der Waals surface area (Å²) in [5, 5.41) is 0.555. The topological polar surface area (TPSA) is 64.8 Å². The van der Waals surface area contributed by atoms with Crippen LogP contribution in [0, 0.1) is 6.92 Å². The van der Waals surface area contributed by atoms with Crippen LogP contribution in [-0.4, -0.2) is 38.8 Å². The summed E-state index contributed by atoms with van der Waals surface area (Å²) in [6.07, 6.45) is 3.65. The lowest BCUT2D eigenvalue weighted by atomic mass is 9.97. The number of H-pyrrole nitrogens is 2. The first kappa shape index (κ1) is 15.3. The smallest absolute Gasteiger partial charge is 0.270 e. The van der Waals surface area contributed by atoms with Crippen molar-refractivity contribution < 1.29 is 4.79 Å². The first-order valence-corrected chi connectivity index (χ1v) is 8.57. The van der Waals surface area contributed by atoms with Gasteiger partial charge >= 0.3 is 0 Å². The Balaban J connectivity index is 1.56. The average Bonchev–Trinajstić information content (AvgIpc) is 3.20. The zero-order valence-electron chi connectivity index (χ0n) is 13.5. The van der Waals surface area contributed by atoms with Crippen molar-refractivity contribution in [3.8, 4) is 0 Å². The van der Waals surface area contributed by atoms with Gasteiger partial charge in [0.25, 0.3) is 5.91 Å².